The highest BCUT2D eigenvalue weighted by Gasteiger charge is 2.25. The molecule has 0 unspecified atom stereocenters. The molecule has 9 heteroatoms. The van der Waals surface area contributed by atoms with Crippen molar-refractivity contribution in [3.63, 3.8) is 0 Å². The molecule has 0 aliphatic carbocycles. The predicted octanol–water partition coefficient (Wildman–Crippen LogP) is 1.87. The molecule has 2 aromatic rings. The minimum absolute atomic E-state index is 0.0197. The summed E-state index contributed by atoms with van der Waals surface area (Å²) in [6.07, 6.45) is 4.01. The van der Waals surface area contributed by atoms with Crippen LogP contribution in [0.4, 0.5) is 0 Å². The van der Waals surface area contributed by atoms with Gasteiger partial charge in [0.05, 0.1) is 10.7 Å². The van der Waals surface area contributed by atoms with E-state index in [1.807, 2.05) is 4.90 Å². The molecule has 30 heavy (non-hydrogen) atoms. The first-order valence-corrected chi connectivity index (χ1v) is 11.8. The molecular weight excluding hydrogens is 400 g/mol. The second-order valence-corrected chi connectivity index (χ2v) is 10.2. The van der Waals surface area contributed by atoms with Crippen LogP contribution < -0.4 is 5.69 Å². The van der Waals surface area contributed by atoms with Crippen LogP contribution in [0.25, 0.3) is 0 Å². The number of fused-ring (bicyclic) bond motifs is 1. The number of hydrogen-bond acceptors (Lipinski definition) is 6. The molecule has 4 heterocycles. The monoisotopic (exact) mass is 432 g/mol. The normalized spacial score (nSPS) is 18.3. The van der Waals surface area contributed by atoms with Crippen molar-refractivity contribution < 1.29 is 4.79 Å². The van der Waals surface area contributed by atoms with Crippen LogP contribution >= 0.6 is 11.3 Å². The molecule has 1 saturated heterocycles. The van der Waals surface area contributed by atoms with Crippen LogP contribution in [0.5, 0.6) is 0 Å². The largest absolute Gasteiger partial charge is 0.346 e. The maximum absolute atomic E-state index is 12.8. The lowest BCUT2D eigenvalue weighted by molar-refractivity contribution is -0.133. The molecule has 0 bridgehead atoms. The van der Waals surface area contributed by atoms with Crippen molar-refractivity contribution in [3.8, 4) is 0 Å². The molecule has 2 aliphatic heterocycles. The van der Waals surface area contributed by atoms with Crippen LogP contribution in [-0.2, 0) is 36.3 Å². The average Bonchev–Trinajstić information content (AvgIpc) is 3.20. The number of thiazole rings is 1. The standard InChI is InChI=1S/C21H32N6O2S/c1-21(2,3)19-22-16(15-30-19)13-24-9-11-25(12-10-24)18(28)14-27-20(29)26-8-6-4-5-7-17(26)23-27/h15H,4-14H2,1-3H3. The van der Waals surface area contributed by atoms with Gasteiger partial charge in [-0.1, -0.05) is 27.2 Å². The number of piperazine rings is 1. The SMILES string of the molecule is CC(C)(C)c1nc(CN2CCN(C(=O)Cn3nc4n(c3=O)CCCCC4)CC2)cs1. The molecule has 1 fully saturated rings. The quantitative estimate of drug-likeness (QED) is 0.737. The summed E-state index contributed by atoms with van der Waals surface area (Å²) in [4.78, 5) is 34.3. The molecular formula is C21H32N6O2S. The van der Waals surface area contributed by atoms with E-state index in [4.69, 9.17) is 4.98 Å². The summed E-state index contributed by atoms with van der Waals surface area (Å²) in [5.41, 5.74) is 1.05. The maximum Gasteiger partial charge on any atom is 0.346 e. The van der Waals surface area contributed by atoms with Gasteiger partial charge in [0, 0.05) is 56.5 Å². The number of aromatic nitrogens is 4. The van der Waals surface area contributed by atoms with Crippen molar-refractivity contribution in [2.45, 2.75) is 71.5 Å². The first-order chi connectivity index (χ1) is 14.3. The van der Waals surface area contributed by atoms with Gasteiger partial charge in [-0.3, -0.25) is 14.3 Å². The van der Waals surface area contributed by atoms with Crippen LogP contribution in [0.3, 0.4) is 0 Å². The van der Waals surface area contributed by atoms with Gasteiger partial charge >= 0.3 is 5.69 Å². The Hall–Kier alpha value is -2.00. The summed E-state index contributed by atoms with van der Waals surface area (Å²) < 4.78 is 3.11. The van der Waals surface area contributed by atoms with E-state index in [-0.39, 0.29) is 23.6 Å². The lowest BCUT2D eigenvalue weighted by Crippen LogP contribution is -2.49. The fraction of sp³-hybridized carbons (Fsp3) is 0.714. The zero-order valence-electron chi connectivity index (χ0n) is 18.3. The summed E-state index contributed by atoms with van der Waals surface area (Å²) >= 11 is 1.72. The van der Waals surface area contributed by atoms with Crippen molar-refractivity contribution in [3.05, 3.63) is 32.4 Å². The Labute approximate surface area is 181 Å². The molecule has 0 radical (unpaired) electrons. The van der Waals surface area contributed by atoms with E-state index in [1.54, 1.807) is 15.9 Å². The highest BCUT2D eigenvalue weighted by Crippen LogP contribution is 2.26. The first kappa shape index (κ1) is 21.2. The second kappa shape index (κ2) is 8.63. The van der Waals surface area contributed by atoms with Crippen LogP contribution in [0.15, 0.2) is 10.2 Å². The topological polar surface area (TPSA) is 76.3 Å². The van der Waals surface area contributed by atoms with E-state index in [0.717, 1.165) is 61.8 Å². The Balaban J connectivity index is 1.31. The predicted molar refractivity (Wildman–Crippen MR) is 117 cm³/mol. The highest BCUT2D eigenvalue weighted by atomic mass is 32.1. The van der Waals surface area contributed by atoms with E-state index in [2.05, 4.69) is 36.1 Å². The minimum atomic E-state index is -0.142. The van der Waals surface area contributed by atoms with Gasteiger partial charge in [0.15, 0.2) is 0 Å². The van der Waals surface area contributed by atoms with Crippen molar-refractivity contribution >= 4 is 17.2 Å². The lowest BCUT2D eigenvalue weighted by Gasteiger charge is -2.34. The third-order valence-electron chi connectivity index (χ3n) is 5.87. The molecule has 0 saturated carbocycles. The van der Waals surface area contributed by atoms with E-state index in [9.17, 15) is 9.59 Å². The fourth-order valence-electron chi connectivity index (χ4n) is 4.06. The van der Waals surface area contributed by atoms with Crippen LogP contribution in [0, 0.1) is 0 Å². The van der Waals surface area contributed by atoms with Gasteiger partial charge in [-0.2, -0.15) is 5.10 Å². The summed E-state index contributed by atoms with van der Waals surface area (Å²) in [5, 5.41) is 7.75. The minimum Gasteiger partial charge on any atom is -0.339 e. The zero-order chi connectivity index (χ0) is 21.3. The summed E-state index contributed by atoms with van der Waals surface area (Å²) in [6.45, 7) is 11.1. The molecule has 1 amide bonds. The second-order valence-electron chi connectivity index (χ2n) is 9.37. The third kappa shape index (κ3) is 4.67. The van der Waals surface area contributed by atoms with Crippen molar-refractivity contribution in [2.75, 3.05) is 26.2 Å². The highest BCUT2D eigenvalue weighted by molar-refractivity contribution is 7.09. The van der Waals surface area contributed by atoms with Gasteiger partial charge in [-0.05, 0) is 12.8 Å². The molecule has 0 aromatic carbocycles. The van der Waals surface area contributed by atoms with Crippen molar-refractivity contribution in [2.24, 2.45) is 0 Å². The Kier molecular flexibility index (Phi) is 6.11. The van der Waals surface area contributed by atoms with Gasteiger partial charge in [0.25, 0.3) is 0 Å². The summed E-state index contributed by atoms with van der Waals surface area (Å²) in [6, 6.07) is 0. The van der Waals surface area contributed by atoms with E-state index in [1.165, 1.54) is 4.68 Å². The van der Waals surface area contributed by atoms with Crippen LogP contribution in [0.2, 0.25) is 0 Å². The van der Waals surface area contributed by atoms with Gasteiger partial charge in [0.2, 0.25) is 5.91 Å². The third-order valence-corrected chi connectivity index (χ3v) is 7.19. The molecule has 164 valence electrons. The Morgan fingerprint density at radius 3 is 2.57 bits per heavy atom. The number of carbonyl (C=O) groups excluding carboxylic acids is 1. The van der Waals surface area contributed by atoms with Gasteiger partial charge in [-0.15, -0.1) is 11.3 Å². The number of carbonyl (C=O) groups is 1. The lowest BCUT2D eigenvalue weighted by atomic mass is 9.98. The molecule has 0 spiro atoms. The van der Waals surface area contributed by atoms with E-state index < -0.39 is 0 Å². The average molecular weight is 433 g/mol. The van der Waals surface area contributed by atoms with Gasteiger partial charge in [0.1, 0.15) is 12.4 Å². The first-order valence-electron chi connectivity index (χ1n) is 10.9. The molecule has 2 aromatic heterocycles. The summed E-state index contributed by atoms with van der Waals surface area (Å²) in [5.74, 6) is 0.807. The Morgan fingerprint density at radius 1 is 1.10 bits per heavy atom. The van der Waals surface area contributed by atoms with Crippen LogP contribution in [0.1, 0.15) is 56.6 Å². The van der Waals surface area contributed by atoms with Gasteiger partial charge < -0.3 is 4.90 Å². The molecule has 2 aliphatic rings. The smallest absolute Gasteiger partial charge is 0.339 e. The Morgan fingerprint density at radius 2 is 1.87 bits per heavy atom. The molecule has 0 N–H and O–H groups in total. The number of amides is 1. The van der Waals surface area contributed by atoms with Gasteiger partial charge in [-0.25, -0.2) is 14.5 Å². The number of nitrogens with zero attached hydrogens (tertiary/aromatic N) is 6. The fourth-order valence-corrected chi connectivity index (χ4v) is 4.96. The Bertz CT molecular complexity index is 946. The van der Waals surface area contributed by atoms with Crippen molar-refractivity contribution in [1.82, 2.24) is 29.1 Å². The molecule has 4 rings (SSSR count). The zero-order valence-corrected chi connectivity index (χ0v) is 19.1. The molecule has 0 atom stereocenters. The number of rotatable bonds is 4. The maximum atomic E-state index is 12.8. The van der Waals surface area contributed by atoms with E-state index in [0.29, 0.717) is 19.6 Å². The van der Waals surface area contributed by atoms with E-state index >= 15 is 0 Å². The number of hydrogen-bond donors (Lipinski definition) is 0. The molecule has 8 nitrogen and oxygen atoms in total. The number of aryl methyl sites for hydroxylation is 1. The van der Waals surface area contributed by atoms with Crippen LogP contribution in [-0.4, -0.2) is 61.2 Å². The summed E-state index contributed by atoms with van der Waals surface area (Å²) in [7, 11) is 0. The van der Waals surface area contributed by atoms with Crippen molar-refractivity contribution in [1.29, 1.82) is 0 Å².